The summed E-state index contributed by atoms with van der Waals surface area (Å²) in [6, 6.07) is 0. The summed E-state index contributed by atoms with van der Waals surface area (Å²) in [4.78, 5) is 0. The van der Waals surface area contributed by atoms with E-state index in [1.54, 1.807) is 25.7 Å². The molecule has 2 aliphatic rings. The van der Waals surface area contributed by atoms with Gasteiger partial charge in [-0.25, -0.2) is 0 Å². The second kappa shape index (κ2) is 4.86. The van der Waals surface area contributed by atoms with E-state index in [1.165, 1.54) is 32.1 Å². The second-order valence-corrected chi connectivity index (χ2v) is 4.44. The monoisotopic (exact) mass is 170 g/mol. The molecule has 0 aromatic carbocycles. The quantitative estimate of drug-likeness (QED) is 0.579. The number of rotatable bonds is 1. The molecule has 0 spiro atoms. The molecule has 2 aliphatic carbocycles. The minimum absolute atomic E-state index is 0. The van der Waals surface area contributed by atoms with Crippen molar-refractivity contribution in [2.75, 3.05) is 0 Å². The summed E-state index contributed by atoms with van der Waals surface area (Å²) < 4.78 is 0. The van der Waals surface area contributed by atoms with E-state index >= 15 is 0 Å². The highest BCUT2D eigenvalue weighted by Gasteiger charge is 2.25. The van der Waals surface area contributed by atoms with Crippen LogP contribution in [-0.2, 0) is 0 Å². The Morgan fingerprint density at radius 3 is 1.25 bits per heavy atom. The molecule has 0 heterocycles. The zero-order valence-electron chi connectivity index (χ0n) is 8.02. The average molecular weight is 170 g/mol. The molecule has 2 N–H and O–H groups in total. The Balaban J connectivity index is 0.000000720. The largest absolute Gasteiger partial charge is 0.412 e. The molecule has 0 radical (unpaired) electrons. The van der Waals surface area contributed by atoms with E-state index in [9.17, 15) is 0 Å². The van der Waals surface area contributed by atoms with Crippen LogP contribution in [0.1, 0.15) is 57.8 Å². The molecule has 0 saturated heterocycles. The van der Waals surface area contributed by atoms with Crippen molar-refractivity contribution in [2.24, 2.45) is 11.8 Å². The van der Waals surface area contributed by atoms with E-state index < -0.39 is 0 Å². The molecule has 0 aromatic heterocycles. The predicted molar refractivity (Wildman–Crippen MR) is 52.1 cm³/mol. The zero-order chi connectivity index (χ0) is 7.52. The lowest BCUT2D eigenvalue weighted by molar-refractivity contribution is 0.252. The molecule has 12 heavy (non-hydrogen) atoms. The molecule has 0 unspecified atom stereocenters. The van der Waals surface area contributed by atoms with Crippen LogP contribution in [0.5, 0.6) is 0 Å². The van der Waals surface area contributed by atoms with Gasteiger partial charge in [0.25, 0.3) is 0 Å². The lowest BCUT2D eigenvalue weighted by Gasteiger charge is -2.26. The van der Waals surface area contributed by atoms with Crippen LogP contribution < -0.4 is 0 Å². The van der Waals surface area contributed by atoms with Gasteiger partial charge in [-0.2, -0.15) is 0 Å². The summed E-state index contributed by atoms with van der Waals surface area (Å²) in [5, 5.41) is 0. The Bertz CT molecular complexity index is 110. The third kappa shape index (κ3) is 2.22. The van der Waals surface area contributed by atoms with Gasteiger partial charge < -0.3 is 5.48 Å². The van der Waals surface area contributed by atoms with Gasteiger partial charge in [-0.15, -0.1) is 0 Å². The van der Waals surface area contributed by atoms with Crippen molar-refractivity contribution in [3.63, 3.8) is 0 Å². The van der Waals surface area contributed by atoms with Gasteiger partial charge in [0.2, 0.25) is 0 Å². The first kappa shape index (κ1) is 10.0. The van der Waals surface area contributed by atoms with Gasteiger partial charge >= 0.3 is 0 Å². The summed E-state index contributed by atoms with van der Waals surface area (Å²) in [7, 11) is 0. The van der Waals surface area contributed by atoms with Gasteiger partial charge in [0.1, 0.15) is 0 Å². The minimum Gasteiger partial charge on any atom is -0.412 e. The molecule has 2 rings (SSSR count). The molecule has 72 valence electrons. The topological polar surface area (TPSA) is 31.5 Å². The van der Waals surface area contributed by atoms with Crippen LogP contribution in [0.25, 0.3) is 0 Å². The van der Waals surface area contributed by atoms with Gasteiger partial charge in [-0.1, -0.05) is 57.8 Å². The number of hydrogen-bond acceptors (Lipinski definition) is 0. The molecule has 1 nitrogen and oxygen atoms in total. The first-order valence-corrected chi connectivity index (χ1v) is 5.47. The Morgan fingerprint density at radius 2 is 0.833 bits per heavy atom. The molecule has 0 aromatic rings. The second-order valence-electron chi connectivity index (χ2n) is 4.44. The van der Waals surface area contributed by atoms with Crippen LogP contribution in [0.2, 0.25) is 0 Å². The summed E-state index contributed by atoms with van der Waals surface area (Å²) in [5.74, 6) is 2.29. The smallest absolute Gasteiger partial charge is 0.0386 e. The fourth-order valence-corrected chi connectivity index (χ4v) is 3.03. The minimum atomic E-state index is 0. The molecule has 0 aliphatic heterocycles. The SMILES string of the molecule is C1CCC(C2CCCC2)CC1.O. The first-order chi connectivity index (χ1) is 5.47. The van der Waals surface area contributed by atoms with Crippen LogP contribution in [0.15, 0.2) is 0 Å². The standard InChI is InChI=1S/C11H20.H2O/c1-2-6-10(7-3-1)11-8-4-5-9-11;/h10-11H,1-9H2;1H2. The van der Waals surface area contributed by atoms with Crippen molar-refractivity contribution < 1.29 is 5.48 Å². The lowest BCUT2D eigenvalue weighted by Crippen LogP contribution is -2.14. The highest BCUT2D eigenvalue weighted by Crippen LogP contribution is 2.38. The van der Waals surface area contributed by atoms with Crippen LogP contribution in [0.3, 0.4) is 0 Å². The molecule has 0 amide bonds. The predicted octanol–water partition coefficient (Wildman–Crippen LogP) is 2.93. The van der Waals surface area contributed by atoms with Gasteiger partial charge in [-0.05, 0) is 11.8 Å². The molecule has 0 atom stereocenters. The summed E-state index contributed by atoms with van der Waals surface area (Å²) in [6.45, 7) is 0. The van der Waals surface area contributed by atoms with E-state index in [-0.39, 0.29) is 5.48 Å². The van der Waals surface area contributed by atoms with Crippen molar-refractivity contribution in [2.45, 2.75) is 57.8 Å². The maximum Gasteiger partial charge on any atom is -0.0386 e. The van der Waals surface area contributed by atoms with E-state index in [4.69, 9.17) is 0 Å². The third-order valence-electron chi connectivity index (χ3n) is 3.72. The molecular weight excluding hydrogens is 148 g/mol. The lowest BCUT2D eigenvalue weighted by atomic mass is 9.79. The average Bonchev–Trinajstić information content (AvgIpc) is 2.58. The normalized spacial score (nSPS) is 27.0. The van der Waals surface area contributed by atoms with Crippen LogP contribution in [-0.4, -0.2) is 5.48 Å². The van der Waals surface area contributed by atoms with Crippen LogP contribution >= 0.6 is 0 Å². The van der Waals surface area contributed by atoms with Crippen molar-refractivity contribution in [3.05, 3.63) is 0 Å². The molecule has 1 heteroatoms. The third-order valence-corrected chi connectivity index (χ3v) is 3.72. The summed E-state index contributed by atoms with van der Waals surface area (Å²) >= 11 is 0. The van der Waals surface area contributed by atoms with Crippen LogP contribution in [0, 0.1) is 11.8 Å². The van der Waals surface area contributed by atoms with E-state index in [2.05, 4.69) is 0 Å². The van der Waals surface area contributed by atoms with Crippen molar-refractivity contribution in [1.82, 2.24) is 0 Å². The maximum absolute atomic E-state index is 1.56. The van der Waals surface area contributed by atoms with Crippen LogP contribution in [0.4, 0.5) is 0 Å². The Kier molecular flexibility index (Phi) is 4.07. The fraction of sp³-hybridized carbons (Fsp3) is 1.00. The molecule has 2 fully saturated rings. The zero-order valence-corrected chi connectivity index (χ0v) is 8.02. The summed E-state index contributed by atoms with van der Waals surface area (Å²) in [6.07, 6.45) is 13.9. The van der Waals surface area contributed by atoms with E-state index in [0.29, 0.717) is 0 Å². The highest BCUT2D eigenvalue weighted by atomic mass is 16.0. The van der Waals surface area contributed by atoms with Gasteiger partial charge in [-0.3, -0.25) is 0 Å². The Morgan fingerprint density at radius 1 is 0.500 bits per heavy atom. The summed E-state index contributed by atoms with van der Waals surface area (Å²) in [5.41, 5.74) is 0. The first-order valence-electron chi connectivity index (χ1n) is 5.47. The van der Waals surface area contributed by atoms with E-state index in [1.807, 2.05) is 0 Å². The fourth-order valence-electron chi connectivity index (χ4n) is 3.03. The van der Waals surface area contributed by atoms with Gasteiger partial charge in [0.05, 0.1) is 0 Å². The van der Waals surface area contributed by atoms with Gasteiger partial charge in [0.15, 0.2) is 0 Å². The van der Waals surface area contributed by atoms with Crippen molar-refractivity contribution in [1.29, 1.82) is 0 Å². The molecule has 2 saturated carbocycles. The Labute approximate surface area is 75.9 Å². The Hall–Kier alpha value is -0.0400. The molecule has 0 bridgehead atoms. The highest BCUT2D eigenvalue weighted by molar-refractivity contribution is 4.77. The van der Waals surface area contributed by atoms with Gasteiger partial charge in [0, 0.05) is 0 Å². The number of hydrogen-bond donors (Lipinski definition) is 0. The van der Waals surface area contributed by atoms with Crippen molar-refractivity contribution in [3.8, 4) is 0 Å². The van der Waals surface area contributed by atoms with Crippen molar-refractivity contribution >= 4 is 0 Å². The van der Waals surface area contributed by atoms with E-state index in [0.717, 1.165) is 11.8 Å². The maximum atomic E-state index is 1.56. The molecular formula is C11H22O.